The largest absolute Gasteiger partial charge is 0.465 e. The summed E-state index contributed by atoms with van der Waals surface area (Å²) in [6.45, 7) is 4.88. The number of hydrogen-bond acceptors (Lipinski definition) is 6. The van der Waals surface area contributed by atoms with E-state index in [1.54, 1.807) is 0 Å². The summed E-state index contributed by atoms with van der Waals surface area (Å²) < 4.78 is 11.2. The van der Waals surface area contributed by atoms with Crippen LogP contribution in [0.2, 0.25) is 0 Å². The quantitative estimate of drug-likeness (QED) is 0.0747. The van der Waals surface area contributed by atoms with E-state index in [4.69, 9.17) is 9.47 Å². The molecule has 7 heteroatoms. The van der Waals surface area contributed by atoms with Gasteiger partial charge in [-0.3, -0.25) is 9.59 Å². The lowest BCUT2D eigenvalue weighted by molar-refractivity contribution is -0.143. The molecule has 1 amide bonds. The zero-order chi connectivity index (χ0) is 34.2. The van der Waals surface area contributed by atoms with Crippen molar-refractivity contribution in [1.29, 1.82) is 0 Å². The van der Waals surface area contributed by atoms with E-state index in [2.05, 4.69) is 43.4 Å². The highest BCUT2D eigenvalue weighted by Crippen LogP contribution is 2.44. The lowest BCUT2D eigenvalue weighted by Crippen LogP contribution is -2.43. The molecule has 0 saturated carbocycles. The third kappa shape index (κ3) is 14.8. The van der Waals surface area contributed by atoms with Gasteiger partial charge in [0.15, 0.2) is 5.78 Å². The first-order chi connectivity index (χ1) is 23.5. The Hall–Kier alpha value is -2.80. The fourth-order valence-electron chi connectivity index (χ4n) is 6.50. The summed E-state index contributed by atoms with van der Waals surface area (Å²) in [5, 5.41) is 2.84. The van der Waals surface area contributed by atoms with Crippen LogP contribution in [0, 0.1) is 0 Å². The SMILES string of the molecule is CCCCCCCCCCCCCCCC(=O)OCCSC[C@H](NC(=O)OCC1c2ccccc2-c2ccccc21)C(=O)CCCCC. The number of fused-ring (bicyclic) bond motifs is 3. The lowest BCUT2D eigenvalue weighted by Gasteiger charge is -2.19. The number of carbonyl (C=O) groups is 3. The summed E-state index contributed by atoms with van der Waals surface area (Å²) in [6, 6.07) is 15.8. The smallest absolute Gasteiger partial charge is 0.407 e. The summed E-state index contributed by atoms with van der Waals surface area (Å²) in [6.07, 6.45) is 19.7. The highest BCUT2D eigenvalue weighted by Gasteiger charge is 2.29. The minimum Gasteiger partial charge on any atom is -0.465 e. The molecule has 0 heterocycles. The van der Waals surface area contributed by atoms with Crippen molar-refractivity contribution in [3.8, 4) is 11.1 Å². The molecule has 1 aliphatic carbocycles. The van der Waals surface area contributed by atoms with Crippen molar-refractivity contribution in [2.24, 2.45) is 0 Å². The third-order valence-electron chi connectivity index (χ3n) is 9.31. The number of benzene rings is 2. The minimum absolute atomic E-state index is 0.0175. The number of thioether (sulfide) groups is 1. The second-order valence-corrected chi connectivity index (χ2v) is 14.4. The van der Waals surface area contributed by atoms with Crippen LogP contribution in [0.1, 0.15) is 146 Å². The molecule has 0 aromatic heterocycles. The van der Waals surface area contributed by atoms with Crippen molar-refractivity contribution >= 4 is 29.6 Å². The Kier molecular flexibility index (Phi) is 20.1. The van der Waals surface area contributed by atoms with Gasteiger partial charge in [-0.1, -0.05) is 152 Å². The van der Waals surface area contributed by atoms with Gasteiger partial charge in [-0.25, -0.2) is 4.79 Å². The number of esters is 1. The average molecular weight is 680 g/mol. The Morgan fingerprint density at radius 3 is 1.75 bits per heavy atom. The number of rotatable bonds is 27. The fraction of sp³-hybridized carbons (Fsp3) is 0.634. The summed E-state index contributed by atoms with van der Waals surface area (Å²) in [7, 11) is 0. The lowest BCUT2D eigenvalue weighted by atomic mass is 9.98. The van der Waals surface area contributed by atoms with E-state index in [9.17, 15) is 14.4 Å². The number of ether oxygens (including phenoxy) is 2. The summed E-state index contributed by atoms with van der Waals surface area (Å²) in [5.74, 6) is 0.832. The summed E-state index contributed by atoms with van der Waals surface area (Å²) in [4.78, 5) is 38.2. The van der Waals surface area contributed by atoms with E-state index in [-0.39, 0.29) is 24.3 Å². The van der Waals surface area contributed by atoms with Crippen molar-refractivity contribution < 1.29 is 23.9 Å². The maximum atomic E-state index is 13.0. The Bertz CT molecular complexity index is 1170. The van der Waals surface area contributed by atoms with Crippen LogP contribution in [0.3, 0.4) is 0 Å². The molecular weight excluding hydrogens is 619 g/mol. The predicted octanol–water partition coefficient (Wildman–Crippen LogP) is 10.8. The van der Waals surface area contributed by atoms with Crippen molar-refractivity contribution in [2.45, 2.75) is 141 Å². The van der Waals surface area contributed by atoms with Gasteiger partial charge in [0.2, 0.25) is 0 Å². The Balaban J connectivity index is 1.29. The van der Waals surface area contributed by atoms with Crippen LogP contribution in [0.5, 0.6) is 0 Å². The summed E-state index contributed by atoms with van der Waals surface area (Å²) >= 11 is 1.52. The first kappa shape index (κ1) is 39.6. The molecule has 0 unspecified atom stereocenters. The standard InChI is InChI=1S/C41H61NO5S/c1-3-5-7-8-9-10-11-12-13-14-15-16-18-28-40(44)46-29-30-48-32-38(39(43)27-17-6-4-2)42-41(45)47-31-37-35-25-21-19-23-33(35)34-24-20-22-26-36(34)37/h19-26,37-38H,3-18,27-32H2,1-2H3,(H,42,45)/t38-/m0/s1. The molecule has 266 valence electrons. The zero-order valence-corrected chi connectivity index (χ0v) is 30.6. The van der Waals surface area contributed by atoms with Gasteiger partial charge in [-0.15, -0.1) is 0 Å². The van der Waals surface area contributed by atoms with E-state index >= 15 is 0 Å². The van der Waals surface area contributed by atoms with Gasteiger partial charge in [-0.05, 0) is 35.1 Å². The van der Waals surface area contributed by atoms with Gasteiger partial charge in [-0.2, -0.15) is 11.8 Å². The Morgan fingerprint density at radius 1 is 0.667 bits per heavy atom. The molecule has 0 fully saturated rings. The number of unbranched alkanes of at least 4 members (excludes halogenated alkanes) is 14. The van der Waals surface area contributed by atoms with Crippen LogP contribution < -0.4 is 5.32 Å². The molecule has 0 spiro atoms. The maximum absolute atomic E-state index is 13.0. The average Bonchev–Trinajstić information content (AvgIpc) is 3.42. The van der Waals surface area contributed by atoms with Crippen LogP contribution in [0.15, 0.2) is 48.5 Å². The molecule has 0 saturated heterocycles. The first-order valence-electron chi connectivity index (χ1n) is 18.9. The van der Waals surface area contributed by atoms with Crippen LogP contribution in [-0.2, 0) is 19.1 Å². The fourth-order valence-corrected chi connectivity index (χ4v) is 7.37. The van der Waals surface area contributed by atoms with Gasteiger partial charge in [0.1, 0.15) is 13.2 Å². The van der Waals surface area contributed by atoms with Crippen molar-refractivity contribution in [2.75, 3.05) is 24.7 Å². The van der Waals surface area contributed by atoms with Gasteiger partial charge in [0.05, 0.1) is 6.04 Å². The minimum atomic E-state index is -0.635. The zero-order valence-electron chi connectivity index (χ0n) is 29.8. The van der Waals surface area contributed by atoms with Gasteiger partial charge >= 0.3 is 12.1 Å². The molecule has 1 aliphatic rings. The number of Topliss-reactive ketones (excluding diaryl/α,β-unsaturated/α-hetero) is 1. The molecule has 2 aromatic carbocycles. The van der Waals surface area contributed by atoms with Crippen LogP contribution >= 0.6 is 11.8 Å². The number of nitrogens with one attached hydrogen (secondary N) is 1. The predicted molar refractivity (Wildman–Crippen MR) is 200 cm³/mol. The normalized spacial score (nSPS) is 12.7. The van der Waals surface area contributed by atoms with Crippen molar-refractivity contribution in [3.63, 3.8) is 0 Å². The molecule has 0 radical (unpaired) electrons. The number of ketones is 1. The highest BCUT2D eigenvalue weighted by molar-refractivity contribution is 7.99. The molecule has 1 atom stereocenters. The van der Waals surface area contributed by atoms with Gasteiger partial charge in [0.25, 0.3) is 0 Å². The Labute approximate surface area is 294 Å². The third-order valence-corrected chi connectivity index (χ3v) is 10.3. The first-order valence-corrected chi connectivity index (χ1v) is 20.1. The van der Waals surface area contributed by atoms with Gasteiger partial charge in [0, 0.05) is 30.3 Å². The van der Waals surface area contributed by atoms with E-state index < -0.39 is 12.1 Å². The molecule has 6 nitrogen and oxygen atoms in total. The molecule has 3 rings (SSSR count). The second-order valence-electron chi connectivity index (χ2n) is 13.2. The maximum Gasteiger partial charge on any atom is 0.407 e. The van der Waals surface area contributed by atoms with Crippen LogP contribution in [0.25, 0.3) is 11.1 Å². The van der Waals surface area contributed by atoms with Crippen molar-refractivity contribution in [1.82, 2.24) is 5.32 Å². The molecule has 2 aromatic rings. The van der Waals surface area contributed by atoms with Crippen molar-refractivity contribution in [3.05, 3.63) is 59.7 Å². The summed E-state index contributed by atoms with van der Waals surface area (Å²) in [5.41, 5.74) is 4.65. The molecule has 48 heavy (non-hydrogen) atoms. The van der Waals surface area contributed by atoms with Crippen LogP contribution in [0.4, 0.5) is 4.79 Å². The number of amides is 1. The number of hydrogen-bond donors (Lipinski definition) is 1. The van der Waals surface area contributed by atoms with E-state index in [1.807, 2.05) is 24.3 Å². The highest BCUT2D eigenvalue weighted by atomic mass is 32.2. The molecule has 0 bridgehead atoms. The van der Waals surface area contributed by atoms with Gasteiger partial charge < -0.3 is 14.8 Å². The van der Waals surface area contributed by atoms with Crippen LogP contribution in [-0.4, -0.2) is 48.6 Å². The Morgan fingerprint density at radius 2 is 1.17 bits per heavy atom. The molecular formula is C41H61NO5S. The monoisotopic (exact) mass is 679 g/mol. The second kappa shape index (κ2) is 24.4. The number of carbonyl (C=O) groups excluding carboxylic acids is 3. The number of alkyl carbamates (subject to hydrolysis) is 1. The molecule has 1 N–H and O–H groups in total. The van der Waals surface area contributed by atoms with E-state index in [0.29, 0.717) is 31.0 Å². The topological polar surface area (TPSA) is 81.7 Å². The van der Waals surface area contributed by atoms with E-state index in [0.717, 1.165) is 43.2 Å². The molecule has 0 aliphatic heterocycles. The van der Waals surface area contributed by atoms with E-state index in [1.165, 1.54) is 93.5 Å².